The molecule has 1 aliphatic rings. The van der Waals surface area contributed by atoms with Crippen molar-refractivity contribution in [3.63, 3.8) is 0 Å². The third-order valence-electron chi connectivity index (χ3n) is 2.97. The molecule has 1 aromatic heterocycles. The second kappa shape index (κ2) is 6.32. The van der Waals surface area contributed by atoms with Crippen molar-refractivity contribution >= 4 is 45.0 Å². The Morgan fingerprint density at radius 3 is 2.95 bits per heavy atom. The van der Waals surface area contributed by atoms with Gasteiger partial charge < -0.3 is 14.8 Å². The minimum Gasteiger partial charge on any atom is -0.454 e. The molecule has 1 N–H and O–H groups in total. The van der Waals surface area contributed by atoms with Crippen LogP contribution in [0.2, 0.25) is 10.2 Å². The first-order valence-electron chi connectivity index (χ1n) is 6.23. The molecular weight excluding hydrogens is 395 g/mol. The molecule has 8 heteroatoms. The number of ether oxygens (including phenoxy) is 2. The van der Waals surface area contributed by atoms with E-state index in [9.17, 15) is 4.79 Å². The molecule has 1 amide bonds. The number of aromatic nitrogens is 1. The minimum atomic E-state index is -0.402. The molecule has 0 unspecified atom stereocenters. The molecular formula is C14H9BrCl2N2O3. The highest BCUT2D eigenvalue weighted by atomic mass is 79.9. The summed E-state index contributed by atoms with van der Waals surface area (Å²) in [4.78, 5) is 16.1. The first kappa shape index (κ1) is 15.4. The lowest BCUT2D eigenvalue weighted by atomic mass is 10.2. The van der Waals surface area contributed by atoms with Crippen molar-refractivity contribution in [3.05, 3.63) is 50.2 Å². The van der Waals surface area contributed by atoms with Crippen molar-refractivity contribution in [2.45, 2.75) is 6.54 Å². The number of amides is 1. The summed E-state index contributed by atoms with van der Waals surface area (Å²) in [5, 5.41) is 3.19. The van der Waals surface area contributed by atoms with Crippen molar-refractivity contribution in [2.75, 3.05) is 6.79 Å². The summed E-state index contributed by atoms with van der Waals surface area (Å²) in [5.41, 5.74) is 0.941. The van der Waals surface area contributed by atoms with E-state index in [-0.39, 0.29) is 22.7 Å². The lowest BCUT2D eigenvalue weighted by Gasteiger charge is -2.08. The number of halogens is 3. The fourth-order valence-electron chi connectivity index (χ4n) is 1.97. The number of rotatable bonds is 3. The van der Waals surface area contributed by atoms with Crippen LogP contribution in [0.3, 0.4) is 0 Å². The molecule has 3 rings (SSSR count). The summed E-state index contributed by atoms with van der Waals surface area (Å²) in [6, 6.07) is 6.71. The molecule has 0 radical (unpaired) electrons. The van der Waals surface area contributed by atoms with Crippen LogP contribution in [0.4, 0.5) is 0 Å². The third kappa shape index (κ3) is 3.14. The van der Waals surface area contributed by atoms with Crippen LogP contribution in [0.5, 0.6) is 11.5 Å². The van der Waals surface area contributed by atoms with Crippen LogP contribution in [0.1, 0.15) is 16.1 Å². The molecule has 0 fully saturated rings. The zero-order chi connectivity index (χ0) is 15.7. The second-order valence-electron chi connectivity index (χ2n) is 4.46. The maximum Gasteiger partial charge on any atom is 0.271 e. The number of pyridine rings is 1. The quantitative estimate of drug-likeness (QED) is 0.791. The largest absolute Gasteiger partial charge is 0.454 e. The van der Waals surface area contributed by atoms with Gasteiger partial charge in [-0.05, 0) is 45.8 Å². The Labute approximate surface area is 144 Å². The van der Waals surface area contributed by atoms with Gasteiger partial charge in [-0.15, -0.1) is 0 Å². The van der Waals surface area contributed by atoms with Gasteiger partial charge in [0, 0.05) is 6.54 Å². The van der Waals surface area contributed by atoms with Crippen molar-refractivity contribution in [2.24, 2.45) is 0 Å². The minimum absolute atomic E-state index is 0.0916. The predicted octanol–water partition coefficient (Wildman–Crippen LogP) is 3.81. The van der Waals surface area contributed by atoms with Crippen molar-refractivity contribution in [3.8, 4) is 11.5 Å². The number of hydrogen-bond donors (Lipinski definition) is 1. The van der Waals surface area contributed by atoms with E-state index < -0.39 is 5.91 Å². The Balaban J connectivity index is 1.74. The second-order valence-corrected chi connectivity index (χ2v) is 6.11. The Morgan fingerprint density at radius 2 is 2.14 bits per heavy atom. The van der Waals surface area contributed by atoms with Gasteiger partial charge in [-0.3, -0.25) is 4.79 Å². The van der Waals surface area contributed by atoms with Crippen LogP contribution in [0.15, 0.2) is 28.7 Å². The average Bonchev–Trinajstić information content (AvgIpc) is 2.96. The van der Waals surface area contributed by atoms with Gasteiger partial charge in [-0.2, -0.15) is 0 Å². The number of nitrogens with zero attached hydrogens (tertiary/aromatic N) is 1. The summed E-state index contributed by atoms with van der Waals surface area (Å²) in [6.45, 7) is 0.477. The number of fused-ring (bicyclic) bond motifs is 1. The molecule has 1 aromatic carbocycles. The maximum absolute atomic E-state index is 12.1. The van der Waals surface area contributed by atoms with E-state index >= 15 is 0 Å². The van der Waals surface area contributed by atoms with Crippen LogP contribution in [0, 0.1) is 0 Å². The normalized spacial score (nSPS) is 12.3. The van der Waals surface area contributed by atoms with Crippen molar-refractivity contribution in [1.29, 1.82) is 0 Å². The molecule has 1 aliphatic heterocycles. The maximum atomic E-state index is 12.1. The zero-order valence-corrected chi connectivity index (χ0v) is 14.1. The molecule has 0 spiro atoms. The van der Waals surface area contributed by atoms with E-state index in [4.69, 9.17) is 32.7 Å². The van der Waals surface area contributed by atoms with E-state index in [1.54, 1.807) is 6.07 Å². The fraction of sp³-hybridized carbons (Fsp3) is 0.143. The number of nitrogens with one attached hydrogen (secondary N) is 1. The zero-order valence-electron chi connectivity index (χ0n) is 11.0. The summed E-state index contributed by atoms with van der Waals surface area (Å²) in [6.07, 6.45) is 0. The van der Waals surface area contributed by atoms with Crippen LogP contribution in [-0.2, 0) is 6.54 Å². The van der Waals surface area contributed by atoms with Crippen LogP contribution < -0.4 is 14.8 Å². The Bertz CT molecular complexity index is 755. The number of hydrogen-bond acceptors (Lipinski definition) is 4. The van der Waals surface area contributed by atoms with Gasteiger partial charge in [0.2, 0.25) is 6.79 Å². The van der Waals surface area contributed by atoms with Gasteiger partial charge in [0.05, 0.1) is 9.50 Å². The smallest absolute Gasteiger partial charge is 0.271 e. The standard InChI is InChI=1S/C14H9BrCl2N2O3/c15-8-3-7(4-10-13(8)22-6-21-10)5-18-14(20)12-9(16)1-2-11(17)19-12/h1-4H,5-6H2,(H,18,20). The van der Waals surface area contributed by atoms with Crippen LogP contribution >= 0.6 is 39.1 Å². The first-order valence-corrected chi connectivity index (χ1v) is 7.78. The van der Waals surface area contributed by atoms with E-state index in [0.717, 1.165) is 10.0 Å². The summed E-state index contributed by atoms with van der Waals surface area (Å²) in [5.74, 6) is 0.897. The van der Waals surface area contributed by atoms with Crippen molar-refractivity contribution < 1.29 is 14.3 Å². The monoisotopic (exact) mass is 402 g/mol. The number of carbonyl (C=O) groups is 1. The van der Waals surface area contributed by atoms with Crippen LogP contribution in [-0.4, -0.2) is 17.7 Å². The van der Waals surface area contributed by atoms with E-state index in [0.29, 0.717) is 18.0 Å². The highest BCUT2D eigenvalue weighted by Gasteiger charge is 2.19. The van der Waals surface area contributed by atoms with Crippen LogP contribution in [0.25, 0.3) is 0 Å². The summed E-state index contributed by atoms with van der Waals surface area (Å²) >= 11 is 15.1. The highest BCUT2D eigenvalue weighted by Crippen LogP contribution is 2.39. The molecule has 114 valence electrons. The summed E-state index contributed by atoms with van der Waals surface area (Å²) in [7, 11) is 0. The molecule has 0 aliphatic carbocycles. The average molecular weight is 404 g/mol. The lowest BCUT2D eigenvalue weighted by Crippen LogP contribution is -2.24. The first-order chi connectivity index (χ1) is 10.5. The predicted molar refractivity (Wildman–Crippen MR) is 85.7 cm³/mol. The van der Waals surface area contributed by atoms with Gasteiger partial charge in [-0.1, -0.05) is 23.2 Å². The molecule has 0 saturated heterocycles. The topological polar surface area (TPSA) is 60.5 Å². The van der Waals surface area contributed by atoms with Gasteiger partial charge in [0.25, 0.3) is 5.91 Å². The Hall–Kier alpha value is -1.50. The van der Waals surface area contributed by atoms with Gasteiger partial charge >= 0.3 is 0 Å². The molecule has 5 nitrogen and oxygen atoms in total. The molecule has 0 saturated carbocycles. The molecule has 0 atom stereocenters. The highest BCUT2D eigenvalue weighted by molar-refractivity contribution is 9.10. The molecule has 2 heterocycles. The van der Waals surface area contributed by atoms with Crippen molar-refractivity contribution in [1.82, 2.24) is 10.3 Å². The third-order valence-corrected chi connectivity index (χ3v) is 4.07. The van der Waals surface area contributed by atoms with E-state index in [2.05, 4.69) is 26.2 Å². The summed E-state index contributed by atoms with van der Waals surface area (Å²) < 4.78 is 11.4. The molecule has 22 heavy (non-hydrogen) atoms. The fourth-order valence-corrected chi connectivity index (χ4v) is 2.91. The number of benzene rings is 1. The number of carbonyl (C=O) groups excluding carboxylic acids is 1. The van der Waals surface area contributed by atoms with E-state index in [1.807, 2.05) is 6.07 Å². The lowest BCUT2D eigenvalue weighted by molar-refractivity contribution is 0.0946. The Kier molecular flexibility index (Phi) is 4.42. The SMILES string of the molecule is O=C(NCc1cc(Br)c2c(c1)OCO2)c1nc(Cl)ccc1Cl. The van der Waals surface area contributed by atoms with Gasteiger partial charge in [0.1, 0.15) is 10.8 Å². The Morgan fingerprint density at radius 1 is 1.32 bits per heavy atom. The molecule has 0 bridgehead atoms. The van der Waals surface area contributed by atoms with E-state index in [1.165, 1.54) is 12.1 Å². The molecule has 2 aromatic rings. The van der Waals surface area contributed by atoms with Gasteiger partial charge in [0.15, 0.2) is 11.5 Å². The van der Waals surface area contributed by atoms with Gasteiger partial charge in [-0.25, -0.2) is 4.98 Å².